The molecule has 0 nitrogen and oxygen atoms in total. The fourth-order valence-corrected chi connectivity index (χ4v) is 2.90. The fraction of sp³-hybridized carbons (Fsp3) is 0.429. The van der Waals surface area contributed by atoms with Gasteiger partial charge in [0.05, 0.1) is 0 Å². The minimum absolute atomic E-state index is 0. The van der Waals surface area contributed by atoms with Gasteiger partial charge in [-0.05, 0) is 47.9 Å². The molecule has 0 aliphatic heterocycles. The van der Waals surface area contributed by atoms with Gasteiger partial charge >= 0.3 is 0 Å². The minimum Gasteiger partial charge on any atom is -0.0766 e. The molecule has 2 aliphatic rings. The minimum atomic E-state index is 0. The number of rotatable bonds is 0. The van der Waals surface area contributed by atoms with Crippen LogP contribution in [0.25, 0.3) is 6.08 Å². The molecule has 0 bridgehead atoms. The van der Waals surface area contributed by atoms with Crippen LogP contribution in [0, 0.1) is 0 Å². The van der Waals surface area contributed by atoms with Crippen molar-refractivity contribution in [1.29, 1.82) is 0 Å². The number of aryl methyl sites for hydroxylation is 1. The summed E-state index contributed by atoms with van der Waals surface area (Å²) in [4.78, 5) is 0. The van der Waals surface area contributed by atoms with Crippen molar-refractivity contribution in [1.82, 2.24) is 0 Å². The van der Waals surface area contributed by atoms with E-state index in [1.807, 2.05) is 0 Å². The molecule has 1 aromatic rings. The summed E-state index contributed by atoms with van der Waals surface area (Å²) >= 11 is 0. The molecular formula is C14H16Hf. The van der Waals surface area contributed by atoms with Crippen LogP contribution in [0.2, 0.25) is 0 Å². The number of hydrogen-bond donors (Lipinski definition) is 0. The summed E-state index contributed by atoms with van der Waals surface area (Å²) in [6.45, 7) is 2.32. The Balaban J connectivity index is 0.000000853. The van der Waals surface area contributed by atoms with Gasteiger partial charge in [-0.3, -0.25) is 0 Å². The van der Waals surface area contributed by atoms with Crippen molar-refractivity contribution in [2.45, 2.75) is 38.5 Å². The number of benzene rings is 1. The van der Waals surface area contributed by atoms with Gasteiger partial charge in [-0.2, -0.15) is 0 Å². The molecule has 1 aromatic carbocycles. The summed E-state index contributed by atoms with van der Waals surface area (Å²) in [6, 6.07) is 4.65. The van der Waals surface area contributed by atoms with Crippen LogP contribution >= 0.6 is 0 Å². The first-order chi connectivity index (χ1) is 6.86. The van der Waals surface area contributed by atoms with Gasteiger partial charge in [-0.1, -0.05) is 31.2 Å². The van der Waals surface area contributed by atoms with Crippen molar-refractivity contribution in [3.05, 3.63) is 40.5 Å². The topological polar surface area (TPSA) is 0 Å². The SMILES string of the molecule is CC1C=Cc2ccc3c(c21)CCCC3.[Hf]. The number of fused-ring (bicyclic) bond motifs is 3. The van der Waals surface area contributed by atoms with E-state index >= 15 is 0 Å². The zero-order valence-electron chi connectivity index (χ0n) is 9.22. The zero-order chi connectivity index (χ0) is 9.54. The van der Waals surface area contributed by atoms with Gasteiger partial charge in [-0.25, -0.2) is 0 Å². The maximum atomic E-state index is 2.34. The molecule has 15 heavy (non-hydrogen) atoms. The maximum Gasteiger partial charge on any atom is 0.000166 e. The van der Waals surface area contributed by atoms with Crippen molar-refractivity contribution in [3.8, 4) is 0 Å². The average molecular weight is 363 g/mol. The first kappa shape index (κ1) is 11.3. The van der Waals surface area contributed by atoms with E-state index in [1.54, 1.807) is 16.7 Å². The van der Waals surface area contributed by atoms with E-state index < -0.39 is 0 Å². The molecule has 0 saturated heterocycles. The molecule has 1 heteroatoms. The number of hydrogen-bond acceptors (Lipinski definition) is 0. The third-order valence-electron chi connectivity index (χ3n) is 3.63. The van der Waals surface area contributed by atoms with Gasteiger partial charge in [0.1, 0.15) is 0 Å². The van der Waals surface area contributed by atoms with E-state index in [9.17, 15) is 0 Å². The van der Waals surface area contributed by atoms with Crippen molar-refractivity contribution < 1.29 is 25.8 Å². The van der Waals surface area contributed by atoms with Gasteiger partial charge in [0.2, 0.25) is 0 Å². The van der Waals surface area contributed by atoms with Gasteiger partial charge in [0.25, 0.3) is 0 Å². The first-order valence-electron chi connectivity index (χ1n) is 5.69. The molecule has 0 heterocycles. The van der Waals surface area contributed by atoms with E-state index in [-0.39, 0.29) is 25.8 Å². The van der Waals surface area contributed by atoms with Crippen LogP contribution in [0.4, 0.5) is 0 Å². The van der Waals surface area contributed by atoms with Crippen molar-refractivity contribution in [2.75, 3.05) is 0 Å². The third-order valence-corrected chi connectivity index (χ3v) is 3.63. The van der Waals surface area contributed by atoms with Gasteiger partial charge in [-0.15, -0.1) is 0 Å². The molecule has 2 aliphatic carbocycles. The van der Waals surface area contributed by atoms with Crippen molar-refractivity contribution in [3.63, 3.8) is 0 Å². The van der Waals surface area contributed by atoms with Crippen LogP contribution in [0.15, 0.2) is 18.2 Å². The Morgan fingerprint density at radius 2 is 1.93 bits per heavy atom. The molecular weight excluding hydrogens is 347 g/mol. The van der Waals surface area contributed by atoms with Crippen LogP contribution in [0.5, 0.6) is 0 Å². The van der Waals surface area contributed by atoms with E-state index in [1.165, 1.54) is 31.2 Å². The molecule has 0 N–H and O–H groups in total. The maximum absolute atomic E-state index is 2.34. The van der Waals surface area contributed by atoms with Gasteiger partial charge in [0, 0.05) is 31.8 Å². The fourth-order valence-electron chi connectivity index (χ4n) is 2.90. The molecule has 76 valence electrons. The average Bonchev–Trinajstić information content (AvgIpc) is 2.61. The number of allylic oxidation sites excluding steroid dienone is 1. The second-order valence-corrected chi connectivity index (χ2v) is 4.56. The predicted molar refractivity (Wildman–Crippen MR) is 60.5 cm³/mol. The molecule has 0 amide bonds. The van der Waals surface area contributed by atoms with Crippen molar-refractivity contribution >= 4 is 6.08 Å². The Labute approximate surface area is 111 Å². The van der Waals surface area contributed by atoms with Gasteiger partial charge < -0.3 is 0 Å². The Hall–Kier alpha value is -0.170. The standard InChI is InChI=1S/C14H16.Hf/c1-10-6-7-12-9-8-11-4-2-3-5-13(11)14(10)12;/h6-10H,2-5H2,1H3;. The Morgan fingerprint density at radius 3 is 2.80 bits per heavy atom. The van der Waals surface area contributed by atoms with Crippen LogP contribution < -0.4 is 0 Å². The second kappa shape index (κ2) is 4.37. The smallest absolute Gasteiger partial charge is 0.000166 e. The van der Waals surface area contributed by atoms with Crippen LogP contribution in [-0.2, 0) is 38.7 Å². The largest absolute Gasteiger partial charge is 0.0766 e. The summed E-state index contributed by atoms with van der Waals surface area (Å²) in [5.41, 5.74) is 6.39. The van der Waals surface area contributed by atoms with Crippen LogP contribution in [-0.4, -0.2) is 0 Å². The molecule has 0 saturated carbocycles. The quantitative estimate of drug-likeness (QED) is 0.617. The monoisotopic (exact) mass is 364 g/mol. The summed E-state index contributed by atoms with van der Waals surface area (Å²) in [7, 11) is 0. The molecule has 1 unspecified atom stereocenters. The summed E-state index contributed by atoms with van der Waals surface area (Å²) in [6.07, 6.45) is 10.00. The molecule has 3 rings (SSSR count). The van der Waals surface area contributed by atoms with Crippen molar-refractivity contribution in [2.24, 2.45) is 0 Å². The summed E-state index contributed by atoms with van der Waals surface area (Å²) in [5.74, 6) is 0.651. The van der Waals surface area contributed by atoms with E-state index in [4.69, 9.17) is 0 Å². The Kier molecular flexibility index (Phi) is 3.30. The van der Waals surface area contributed by atoms with E-state index in [0.717, 1.165) is 0 Å². The van der Waals surface area contributed by atoms with Crippen LogP contribution in [0.1, 0.15) is 47.9 Å². The molecule has 0 radical (unpaired) electrons. The predicted octanol–water partition coefficient (Wildman–Crippen LogP) is 3.69. The zero-order valence-corrected chi connectivity index (χ0v) is 12.8. The molecule has 1 atom stereocenters. The third kappa shape index (κ3) is 1.80. The molecule has 0 aromatic heterocycles. The van der Waals surface area contributed by atoms with E-state index in [2.05, 4.69) is 31.2 Å². The van der Waals surface area contributed by atoms with Crippen LogP contribution in [0.3, 0.4) is 0 Å². The first-order valence-corrected chi connectivity index (χ1v) is 5.69. The molecule has 0 fully saturated rings. The normalized spacial score (nSPS) is 21.8. The van der Waals surface area contributed by atoms with E-state index in [0.29, 0.717) is 5.92 Å². The van der Waals surface area contributed by atoms with Gasteiger partial charge in [0.15, 0.2) is 0 Å². The summed E-state index contributed by atoms with van der Waals surface area (Å²) < 4.78 is 0. The Bertz CT molecular complexity index is 404. The molecule has 0 spiro atoms. The Morgan fingerprint density at radius 1 is 1.13 bits per heavy atom. The summed E-state index contributed by atoms with van der Waals surface area (Å²) in [5, 5.41) is 0. The second-order valence-electron chi connectivity index (χ2n) is 4.56.